The van der Waals surface area contributed by atoms with E-state index in [1.54, 1.807) is 24.5 Å². The van der Waals surface area contributed by atoms with Crippen molar-refractivity contribution in [2.24, 2.45) is 0 Å². The number of amides is 1. The van der Waals surface area contributed by atoms with E-state index in [9.17, 15) is 9.59 Å². The fraction of sp³-hybridized carbons (Fsp3) is 0.167. The number of H-pyrrole nitrogens is 1. The van der Waals surface area contributed by atoms with Crippen LogP contribution in [-0.2, 0) is 17.8 Å². The minimum absolute atomic E-state index is 0.104. The summed E-state index contributed by atoms with van der Waals surface area (Å²) in [6.07, 6.45) is 4.87. The number of nitrogens with one attached hydrogen (secondary N) is 2. The van der Waals surface area contributed by atoms with Crippen molar-refractivity contribution in [3.8, 4) is 5.75 Å². The number of pyridine rings is 1. The number of carbonyl (C=O) groups is 1. The summed E-state index contributed by atoms with van der Waals surface area (Å²) in [7, 11) is 0. The van der Waals surface area contributed by atoms with Crippen LogP contribution in [0.3, 0.4) is 0 Å². The number of aryl methyl sites for hydroxylation is 1. The zero-order valence-electron chi connectivity index (χ0n) is 16.9. The molecule has 7 nitrogen and oxygen atoms in total. The summed E-state index contributed by atoms with van der Waals surface area (Å²) in [5, 5.41) is 3.45. The van der Waals surface area contributed by atoms with Crippen LogP contribution in [0, 0.1) is 0 Å². The van der Waals surface area contributed by atoms with E-state index >= 15 is 0 Å². The summed E-state index contributed by atoms with van der Waals surface area (Å²) in [6, 6.07) is 18.3. The van der Waals surface area contributed by atoms with Crippen molar-refractivity contribution in [1.82, 2.24) is 15.0 Å². The van der Waals surface area contributed by atoms with Crippen LogP contribution >= 0.6 is 0 Å². The SMILES string of the molecule is O=C(CCCc1nc2ccccc2c(=O)[nH]1)Nc1cccc(OCc2cccnc2)c1. The Balaban J connectivity index is 1.28. The maximum atomic E-state index is 12.3. The molecule has 156 valence electrons. The molecule has 0 fully saturated rings. The molecule has 0 spiro atoms. The highest BCUT2D eigenvalue weighted by atomic mass is 16.5. The largest absolute Gasteiger partial charge is 0.489 e. The molecule has 2 N–H and O–H groups in total. The quantitative estimate of drug-likeness (QED) is 0.456. The fourth-order valence-corrected chi connectivity index (χ4v) is 3.21. The highest BCUT2D eigenvalue weighted by Crippen LogP contribution is 2.19. The maximum absolute atomic E-state index is 12.3. The molecule has 0 unspecified atom stereocenters. The molecule has 0 atom stereocenters. The van der Waals surface area contributed by atoms with Crippen molar-refractivity contribution in [2.45, 2.75) is 25.9 Å². The molecule has 2 aromatic carbocycles. The number of nitrogens with zero attached hydrogens (tertiary/aromatic N) is 2. The number of ether oxygens (including phenoxy) is 1. The lowest BCUT2D eigenvalue weighted by Gasteiger charge is -2.09. The third kappa shape index (κ3) is 5.54. The van der Waals surface area contributed by atoms with E-state index in [-0.39, 0.29) is 11.5 Å². The predicted molar refractivity (Wildman–Crippen MR) is 119 cm³/mol. The van der Waals surface area contributed by atoms with Crippen molar-refractivity contribution in [3.63, 3.8) is 0 Å². The molecule has 0 bridgehead atoms. The molecule has 0 aliphatic rings. The summed E-state index contributed by atoms with van der Waals surface area (Å²) >= 11 is 0. The highest BCUT2D eigenvalue weighted by Gasteiger charge is 2.07. The summed E-state index contributed by atoms with van der Waals surface area (Å²) in [4.78, 5) is 35.8. The molecule has 0 aliphatic heterocycles. The minimum atomic E-state index is -0.159. The third-order valence-electron chi connectivity index (χ3n) is 4.73. The van der Waals surface area contributed by atoms with Crippen LogP contribution in [0.5, 0.6) is 5.75 Å². The first kappa shape index (κ1) is 20.3. The monoisotopic (exact) mass is 414 g/mol. The van der Waals surface area contributed by atoms with Crippen molar-refractivity contribution < 1.29 is 9.53 Å². The van der Waals surface area contributed by atoms with Crippen LogP contribution in [-0.4, -0.2) is 20.9 Å². The Kier molecular flexibility index (Phi) is 6.32. The van der Waals surface area contributed by atoms with Gasteiger partial charge in [-0.3, -0.25) is 14.6 Å². The summed E-state index contributed by atoms with van der Waals surface area (Å²) < 4.78 is 5.77. The van der Waals surface area contributed by atoms with Crippen LogP contribution in [0.25, 0.3) is 10.9 Å². The number of aromatic nitrogens is 3. The van der Waals surface area contributed by atoms with Gasteiger partial charge in [0.05, 0.1) is 10.9 Å². The molecule has 7 heteroatoms. The third-order valence-corrected chi connectivity index (χ3v) is 4.73. The van der Waals surface area contributed by atoms with Gasteiger partial charge in [0.15, 0.2) is 0 Å². The van der Waals surface area contributed by atoms with Crippen molar-refractivity contribution in [3.05, 3.63) is 94.8 Å². The van der Waals surface area contributed by atoms with Crippen LogP contribution in [0.1, 0.15) is 24.2 Å². The van der Waals surface area contributed by atoms with Gasteiger partial charge in [0.1, 0.15) is 18.2 Å². The number of anilines is 1. The van der Waals surface area contributed by atoms with Crippen molar-refractivity contribution >= 4 is 22.5 Å². The Morgan fingerprint density at radius 3 is 2.84 bits per heavy atom. The van der Waals surface area contributed by atoms with E-state index in [2.05, 4.69) is 20.3 Å². The number of aromatic amines is 1. The number of hydrogen-bond acceptors (Lipinski definition) is 5. The smallest absolute Gasteiger partial charge is 0.258 e. The summed E-state index contributed by atoms with van der Waals surface area (Å²) in [6.45, 7) is 0.405. The molecular formula is C24H22N4O3. The lowest BCUT2D eigenvalue weighted by Crippen LogP contribution is -2.14. The second kappa shape index (κ2) is 9.67. The Labute approximate surface area is 179 Å². The Morgan fingerprint density at radius 1 is 1.06 bits per heavy atom. The van der Waals surface area contributed by atoms with Gasteiger partial charge in [-0.05, 0) is 36.8 Å². The molecule has 0 saturated heterocycles. The van der Waals surface area contributed by atoms with Crippen molar-refractivity contribution in [1.29, 1.82) is 0 Å². The normalized spacial score (nSPS) is 10.7. The van der Waals surface area contributed by atoms with E-state index in [0.29, 0.717) is 54.0 Å². The number of hydrogen-bond donors (Lipinski definition) is 2. The van der Waals surface area contributed by atoms with Crippen LogP contribution in [0.2, 0.25) is 0 Å². The van der Waals surface area contributed by atoms with Gasteiger partial charge >= 0.3 is 0 Å². The highest BCUT2D eigenvalue weighted by molar-refractivity contribution is 5.90. The first-order chi connectivity index (χ1) is 15.2. The van der Waals surface area contributed by atoms with Gasteiger partial charge in [0.2, 0.25) is 5.91 Å². The van der Waals surface area contributed by atoms with Crippen molar-refractivity contribution in [2.75, 3.05) is 5.32 Å². The topological polar surface area (TPSA) is 97.0 Å². The number of rotatable bonds is 8. The second-order valence-electron chi connectivity index (χ2n) is 7.11. The number of para-hydroxylation sites is 1. The lowest BCUT2D eigenvalue weighted by atomic mass is 10.2. The van der Waals surface area contributed by atoms with E-state index in [0.717, 1.165) is 5.56 Å². The first-order valence-corrected chi connectivity index (χ1v) is 10.1. The second-order valence-corrected chi connectivity index (χ2v) is 7.11. The van der Waals surface area contributed by atoms with Gasteiger partial charge in [-0.2, -0.15) is 0 Å². The number of fused-ring (bicyclic) bond motifs is 1. The van der Waals surface area contributed by atoms with E-state index < -0.39 is 0 Å². The predicted octanol–water partition coefficient (Wildman–Crippen LogP) is 3.86. The van der Waals surface area contributed by atoms with Gasteiger partial charge in [-0.25, -0.2) is 4.98 Å². The van der Waals surface area contributed by atoms with E-state index in [4.69, 9.17) is 4.74 Å². The molecule has 2 heterocycles. The Hall–Kier alpha value is -4.00. The van der Waals surface area contributed by atoms with Gasteiger partial charge in [0, 0.05) is 42.6 Å². The molecular weight excluding hydrogens is 392 g/mol. The number of benzene rings is 2. The molecule has 0 saturated carbocycles. The van der Waals surface area contributed by atoms with E-state index in [1.165, 1.54) is 0 Å². The summed E-state index contributed by atoms with van der Waals surface area (Å²) in [5.74, 6) is 1.15. The summed E-state index contributed by atoms with van der Waals surface area (Å²) in [5.41, 5.74) is 2.14. The molecule has 0 radical (unpaired) electrons. The Morgan fingerprint density at radius 2 is 1.97 bits per heavy atom. The lowest BCUT2D eigenvalue weighted by molar-refractivity contribution is -0.116. The average Bonchev–Trinajstić information content (AvgIpc) is 2.79. The minimum Gasteiger partial charge on any atom is -0.489 e. The van der Waals surface area contributed by atoms with Crippen LogP contribution in [0.4, 0.5) is 5.69 Å². The Bertz CT molecular complexity index is 1240. The van der Waals surface area contributed by atoms with Gasteiger partial charge in [-0.1, -0.05) is 24.3 Å². The van der Waals surface area contributed by atoms with Crippen LogP contribution in [0.15, 0.2) is 77.9 Å². The standard InChI is InChI=1S/C24H22N4O3/c29-23(12-4-11-22-27-21-10-2-1-9-20(21)24(30)28-22)26-18-7-3-8-19(14-18)31-16-17-6-5-13-25-15-17/h1-3,5-10,13-15H,4,11-12,16H2,(H,26,29)(H,27,28,30). The molecule has 4 aromatic rings. The average molecular weight is 414 g/mol. The molecule has 1 amide bonds. The molecule has 0 aliphatic carbocycles. The van der Waals surface area contributed by atoms with Gasteiger partial charge < -0.3 is 15.0 Å². The van der Waals surface area contributed by atoms with E-state index in [1.807, 2.05) is 48.5 Å². The maximum Gasteiger partial charge on any atom is 0.258 e. The molecule has 31 heavy (non-hydrogen) atoms. The van der Waals surface area contributed by atoms with Gasteiger partial charge in [-0.15, -0.1) is 0 Å². The van der Waals surface area contributed by atoms with Gasteiger partial charge in [0.25, 0.3) is 5.56 Å². The molecule has 4 rings (SSSR count). The van der Waals surface area contributed by atoms with Crippen LogP contribution < -0.4 is 15.6 Å². The fourth-order valence-electron chi connectivity index (χ4n) is 3.21. The first-order valence-electron chi connectivity index (χ1n) is 10.1. The zero-order chi connectivity index (χ0) is 21.5. The number of carbonyl (C=O) groups excluding carboxylic acids is 1. The zero-order valence-corrected chi connectivity index (χ0v) is 16.9. The molecule has 2 aromatic heterocycles.